The molecule has 0 radical (unpaired) electrons. The van der Waals surface area contributed by atoms with E-state index in [-0.39, 0.29) is 5.54 Å². The summed E-state index contributed by atoms with van der Waals surface area (Å²) in [6, 6.07) is 8.76. The summed E-state index contributed by atoms with van der Waals surface area (Å²) in [5.41, 5.74) is 1.58. The lowest BCUT2D eigenvalue weighted by atomic mass is 9.78. The Balaban J connectivity index is 2.23. The maximum absolute atomic E-state index is 6.15. The topological polar surface area (TPSA) is 15.3 Å². The van der Waals surface area contributed by atoms with E-state index in [4.69, 9.17) is 11.6 Å². The van der Waals surface area contributed by atoms with Gasteiger partial charge >= 0.3 is 0 Å². The molecule has 118 valence electrons. The fourth-order valence-corrected chi connectivity index (χ4v) is 4.12. The molecule has 1 saturated carbocycles. The van der Waals surface area contributed by atoms with E-state index in [9.17, 15) is 0 Å². The Morgan fingerprint density at radius 3 is 2.38 bits per heavy atom. The predicted molar refractivity (Wildman–Crippen MR) is 92.1 cm³/mol. The summed E-state index contributed by atoms with van der Waals surface area (Å²) in [6.07, 6.45) is 9.04. The second kappa shape index (κ2) is 7.62. The zero-order chi connectivity index (χ0) is 15.3. The number of hydrogen-bond donors (Lipinski definition) is 1. The number of nitrogens with one attached hydrogen (secondary N) is 1. The summed E-state index contributed by atoms with van der Waals surface area (Å²) in [5, 5.41) is 4.44. The lowest BCUT2D eigenvalue weighted by molar-refractivity contribution is 0.0835. The molecule has 3 heteroatoms. The van der Waals surface area contributed by atoms with Crippen LogP contribution in [0.2, 0.25) is 5.02 Å². The highest BCUT2D eigenvalue weighted by Gasteiger charge is 2.40. The van der Waals surface area contributed by atoms with Crippen LogP contribution in [0.1, 0.15) is 44.1 Å². The van der Waals surface area contributed by atoms with Gasteiger partial charge in [-0.3, -0.25) is 0 Å². The molecule has 1 fully saturated rings. The molecule has 0 aliphatic heterocycles. The molecule has 0 saturated heterocycles. The minimum absolute atomic E-state index is 0.258. The van der Waals surface area contributed by atoms with Crippen molar-refractivity contribution < 1.29 is 0 Å². The molecule has 21 heavy (non-hydrogen) atoms. The maximum Gasteiger partial charge on any atom is 0.0408 e. The molecule has 1 aromatic carbocycles. The third kappa shape index (κ3) is 4.00. The second-order valence-corrected chi connectivity index (χ2v) is 7.02. The van der Waals surface area contributed by atoms with Crippen LogP contribution in [0.25, 0.3) is 0 Å². The zero-order valence-corrected chi connectivity index (χ0v) is 14.4. The molecule has 1 unspecified atom stereocenters. The van der Waals surface area contributed by atoms with Gasteiger partial charge < -0.3 is 10.2 Å². The minimum Gasteiger partial charge on any atom is -0.315 e. The Morgan fingerprint density at radius 2 is 1.86 bits per heavy atom. The quantitative estimate of drug-likeness (QED) is 0.823. The summed E-state index contributed by atoms with van der Waals surface area (Å²) in [6.45, 7) is 0. The molecular formula is C18H29ClN2. The van der Waals surface area contributed by atoms with Crippen molar-refractivity contribution in [1.29, 1.82) is 0 Å². The van der Waals surface area contributed by atoms with Crippen LogP contribution in [0.3, 0.4) is 0 Å². The highest BCUT2D eigenvalue weighted by molar-refractivity contribution is 6.30. The molecule has 1 aliphatic carbocycles. The van der Waals surface area contributed by atoms with Crippen LogP contribution in [0.5, 0.6) is 0 Å². The third-order valence-electron chi connectivity index (χ3n) is 5.19. The molecule has 0 aromatic heterocycles. The average Bonchev–Trinajstić information content (AvgIpc) is 2.71. The van der Waals surface area contributed by atoms with Gasteiger partial charge in [-0.15, -0.1) is 0 Å². The van der Waals surface area contributed by atoms with Crippen molar-refractivity contribution in [3.05, 3.63) is 34.9 Å². The van der Waals surface area contributed by atoms with Gasteiger partial charge in [-0.2, -0.15) is 0 Å². The first-order valence-corrected chi connectivity index (χ1v) is 8.55. The first kappa shape index (κ1) is 16.8. The largest absolute Gasteiger partial charge is 0.315 e. The molecule has 2 nitrogen and oxygen atoms in total. The molecule has 2 rings (SSSR count). The number of rotatable bonds is 5. The van der Waals surface area contributed by atoms with Gasteiger partial charge in [-0.05, 0) is 58.1 Å². The number of likely N-dealkylation sites (N-methyl/N-ethyl adjacent to an activating group) is 2. The molecule has 1 N–H and O–H groups in total. The number of hydrogen-bond acceptors (Lipinski definition) is 2. The van der Waals surface area contributed by atoms with E-state index in [1.165, 1.54) is 44.1 Å². The molecule has 0 bridgehead atoms. The summed E-state index contributed by atoms with van der Waals surface area (Å²) in [5.74, 6) is 0. The van der Waals surface area contributed by atoms with Crippen LogP contribution in [0.15, 0.2) is 24.3 Å². The smallest absolute Gasteiger partial charge is 0.0408 e. The van der Waals surface area contributed by atoms with Gasteiger partial charge in [0.1, 0.15) is 0 Å². The van der Waals surface area contributed by atoms with Gasteiger partial charge in [0, 0.05) is 16.6 Å². The highest BCUT2D eigenvalue weighted by atomic mass is 35.5. The van der Waals surface area contributed by atoms with Crippen molar-refractivity contribution in [2.45, 2.75) is 56.5 Å². The van der Waals surface area contributed by atoms with E-state index in [0.717, 1.165) is 11.4 Å². The van der Waals surface area contributed by atoms with E-state index < -0.39 is 0 Å². The Hall–Kier alpha value is -0.570. The normalized spacial score (nSPS) is 20.2. The lowest BCUT2D eigenvalue weighted by Gasteiger charge is -2.46. The molecule has 1 aliphatic rings. The number of halogens is 1. The Labute approximate surface area is 134 Å². The van der Waals surface area contributed by atoms with Crippen LogP contribution >= 0.6 is 11.6 Å². The van der Waals surface area contributed by atoms with Gasteiger partial charge in [0.05, 0.1) is 0 Å². The molecule has 1 atom stereocenters. The highest BCUT2D eigenvalue weighted by Crippen LogP contribution is 2.35. The standard InChI is InChI=1S/C18H29ClN2/c1-20-17(14-15-9-8-10-16(19)13-15)18(21(2)3)11-6-4-5-7-12-18/h8-10,13,17,20H,4-7,11-12,14H2,1-3H3. The Morgan fingerprint density at radius 1 is 1.19 bits per heavy atom. The minimum atomic E-state index is 0.258. The monoisotopic (exact) mass is 308 g/mol. The SMILES string of the molecule is CNC(Cc1cccc(Cl)c1)C1(N(C)C)CCCCCC1. The number of nitrogens with zero attached hydrogens (tertiary/aromatic N) is 1. The van der Waals surface area contributed by atoms with Gasteiger partial charge in [0.2, 0.25) is 0 Å². The van der Waals surface area contributed by atoms with Crippen molar-refractivity contribution >= 4 is 11.6 Å². The van der Waals surface area contributed by atoms with Crippen LogP contribution < -0.4 is 5.32 Å². The van der Waals surface area contributed by atoms with Crippen molar-refractivity contribution in [2.24, 2.45) is 0 Å². The third-order valence-corrected chi connectivity index (χ3v) is 5.42. The van der Waals surface area contributed by atoms with Crippen LogP contribution in [0.4, 0.5) is 0 Å². The zero-order valence-electron chi connectivity index (χ0n) is 13.7. The van der Waals surface area contributed by atoms with Crippen LogP contribution in [0, 0.1) is 0 Å². The van der Waals surface area contributed by atoms with Crippen LogP contribution in [-0.4, -0.2) is 37.6 Å². The number of benzene rings is 1. The Kier molecular flexibility index (Phi) is 6.09. The van der Waals surface area contributed by atoms with Gasteiger partial charge in [-0.1, -0.05) is 49.4 Å². The molecule has 0 spiro atoms. The fraction of sp³-hybridized carbons (Fsp3) is 0.667. The van der Waals surface area contributed by atoms with E-state index in [0.29, 0.717) is 6.04 Å². The van der Waals surface area contributed by atoms with E-state index in [2.05, 4.69) is 49.6 Å². The first-order valence-electron chi connectivity index (χ1n) is 8.17. The van der Waals surface area contributed by atoms with Gasteiger partial charge in [0.15, 0.2) is 0 Å². The van der Waals surface area contributed by atoms with Crippen molar-refractivity contribution in [3.63, 3.8) is 0 Å². The fourth-order valence-electron chi connectivity index (χ4n) is 3.91. The summed E-state index contributed by atoms with van der Waals surface area (Å²) in [4.78, 5) is 2.46. The molecule has 0 heterocycles. The van der Waals surface area contributed by atoms with Gasteiger partial charge in [0.25, 0.3) is 0 Å². The van der Waals surface area contributed by atoms with E-state index in [1.54, 1.807) is 0 Å². The Bertz CT molecular complexity index is 437. The molecular weight excluding hydrogens is 280 g/mol. The van der Waals surface area contributed by atoms with Gasteiger partial charge in [-0.25, -0.2) is 0 Å². The molecule has 0 amide bonds. The van der Waals surface area contributed by atoms with Crippen molar-refractivity contribution in [1.82, 2.24) is 10.2 Å². The molecule has 1 aromatic rings. The summed E-state index contributed by atoms with van der Waals surface area (Å²) < 4.78 is 0. The van der Waals surface area contributed by atoms with E-state index >= 15 is 0 Å². The second-order valence-electron chi connectivity index (χ2n) is 6.59. The first-order chi connectivity index (χ1) is 10.1. The van der Waals surface area contributed by atoms with E-state index in [1.807, 2.05) is 6.07 Å². The summed E-state index contributed by atoms with van der Waals surface area (Å²) >= 11 is 6.15. The average molecular weight is 309 g/mol. The van der Waals surface area contributed by atoms with Crippen molar-refractivity contribution in [3.8, 4) is 0 Å². The lowest BCUT2D eigenvalue weighted by Crippen LogP contribution is -2.59. The maximum atomic E-state index is 6.15. The van der Waals surface area contributed by atoms with Crippen LogP contribution in [-0.2, 0) is 6.42 Å². The predicted octanol–water partition coefficient (Wildman–Crippen LogP) is 4.13. The van der Waals surface area contributed by atoms with Crippen molar-refractivity contribution in [2.75, 3.05) is 21.1 Å². The summed E-state index contributed by atoms with van der Waals surface area (Å²) in [7, 11) is 6.59.